The van der Waals surface area contributed by atoms with Gasteiger partial charge in [-0.1, -0.05) is 24.4 Å². The third kappa shape index (κ3) is 2.80. The second kappa shape index (κ2) is 5.41. The third-order valence-electron chi connectivity index (χ3n) is 2.98. The summed E-state index contributed by atoms with van der Waals surface area (Å²) in [4.78, 5) is 23.6. The summed E-state index contributed by atoms with van der Waals surface area (Å²) in [5.74, 6) is 0.952. The van der Waals surface area contributed by atoms with Gasteiger partial charge in [-0.05, 0) is 36.8 Å². The van der Waals surface area contributed by atoms with E-state index in [1.807, 2.05) is 25.1 Å². The normalized spacial score (nSPS) is 10.5. The summed E-state index contributed by atoms with van der Waals surface area (Å²) in [5, 5.41) is 3.52. The number of aromatic amines is 1. The first-order chi connectivity index (χ1) is 10.1. The van der Waals surface area contributed by atoms with Gasteiger partial charge < -0.3 is 10.3 Å². The van der Waals surface area contributed by atoms with Crippen LogP contribution in [0, 0.1) is 6.92 Å². The van der Waals surface area contributed by atoms with Crippen molar-refractivity contribution in [1.29, 1.82) is 0 Å². The molecule has 0 aliphatic heterocycles. The Morgan fingerprint density at radius 2 is 2.10 bits per heavy atom. The molecule has 3 rings (SSSR count). The lowest BCUT2D eigenvalue weighted by Crippen LogP contribution is -2.20. The van der Waals surface area contributed by atoms with Gasteiger partial charge in [0.05, 0.1) is 10.9 Å². The fraction of sp³-hybridized carbons (Fsp3) is 0.0667. The Labute approximate surface area is 126 Å². The van der Waals surface area contributed by atoms with Gasteiger partial charge in [0.1, 0.15) is 10.8 Å². The van der Waals surface area contributed by atoms with Gasteiger partial charge in [0.15, 0.2) is 5.82 Å². The van der Waals surface area contributed by atoms with Crippen LogP contribution in [0.2, 0.25) is 0 Å². The Bertz CT molecular complexity index is 888. The lowest BCUT2D eigenvalue weighted by atomic mass is 10.2. The second-order valence-electron chi connectivity index (χ2n) is 4.60. The van der Waals surface area contributed by atoms with E-state index < -0.39 is 0 Å². The van der Waals surface area contributed by atoms with Crippen molar-refractivity contribution in [2.45, 2.75) is 6.92 Å². The molecule has 0 unspecified atom stereocenters. The highest BCUT2D eigenvalue weighted by Crippen LogP contribution is 2.09. The van der Waals surface area contributed by atoms with Crippen LogP contribution < -0.4 is 10.9 Å². The first-order valence-corrected chi connectivity index (χ1v) is 6.77. The number of fused-ring (bicyclic) bond motifs is 1. The molecule has 0 fully saturated rings. The smallest absolute Gasteiger partial charge is 0.259 e. The Kier molecular flexibility index (Phi) is 3.45. The van der Waals surface area contributed by atoms with Crippen molar-refractivity contribution in [3.8, 4) is 0 Å². The first-order valence-electron chi connectivity index (χ1n) is 6.36. The quantitative estimate of drug-likeness (QED) is 0.711. The van der Waals surface area contributed by atoms with E-state index in [-0.39, 0.29) is 5.56 Å². The molecule has 2 aromatic heterocycles. The van der Waals surface area contributed by atoms with Crippen LogP contribution in [0.5, 0.6) is 0 Å². The summed E-state index contributed by atoms with van der Waals surface area (Å²) in [6.45, 7) is 1.96. The highest BCUT2D eigenvalue weighted by atomic mass is 32.1. The first kappa shape index (κ1) is 13.4. The zero-order valence-electron chi connectivity index (χ0n) is 11.3. The third-order valence-corrected chi connectivity index (χ3v) is 3.28. The van der Waals surface area contributed by atoms with E-state index in [0.29, 0.717) is 27.5 Å². The van der Waals surface area contributed by atoms with Gasteiger partial charge in [-0.25, -0.2) is 9.97 Å². The molecular weight excluding hydrogens is 284 g/mol. The van der Waals surface area contributed by atoms with E-state index in [4.69, 9.17) is 12.2 Å². The minimum absolute atomic E-state index is 0.211. The van der Waals surface area contributed by atoms with Crippen LogP contribution in [0.4, 0.5) is 5.82 Å². The molecule has 0 atom stereocenters. The number of benzene rings is 1. The Morgan fingerprint density at radius 3 is 2.90 bits per heavy atom. The number of aryl methyl sites for hydroxylation is 1. The van der Waals surface area contributed by atoms with Crippen LogP contribution in [-0.4, -0.2) is 19.9 Å². The summed E-state index contributed by atoms with van der Waals surface area (Å²) in [6.07, 6.45) is 1.69. The maximum atomic E-state index is 12.0. The molecule has 0 amide bonds. The lowest BCUT2D eigenvalue weighted by Gasteiger charge is -2.07. The molecule has 0 aliphatic rings. The van der Waals surface area contributed by atoms with Crippen molar-refractivity contribution in [2.24, 2.45) is 0 Å². The predicted octanol–water partition coefficient (Wildman–Crippen LogP) is 2.41. The van der Waals surface area contributed by atoms with E-state index in [9.17, 15) is 4.79 Å². The zero-order valence-corrected chi connectivity index (χ0v) is 12.1. The molecule has 0 radical (unpaired) electrons. The average Bonchev–Trinajstić information content (AvgIpc) is 2.47. The lowest BCUT2D eigenvalue weighted by molar-refractivity contribution is 1.14. The molecule has 3 aromatic rings. The summed E-state index contributed by atoms with van der Waals surface area (Å²) < 4.78 is 0. The van der Waals surface area contributed by atoms with E-state index in [1.165, 1.54) is 0 Å². The predicted molar refractivity (Wildman–Crippen MR) is 86.7 cm³/mol. The molecule has 0 spiro atoms. The molecule has 2 heterocycles. The van der Waals surface area contributed by atoms with Gasteiger partial charge in [-0.3, -0.25) is 4.79 Å². The molecule has 0 bridgehead atoms. The summed E-state index contributed by atoms with van der Waals surface area (Å²) in [5.41, 5.74) is 1.46. The fourth-order valence-corrected chi connectivity index (χ4v) is 2.18. The number of anilines is 1. The molecule has 5 nitrogen and oxygen atoms in total. The van der Waals surface area contributed by atoms with Crippen molar-refractivity contribution < 1.29 is 0 Å². The Balaban J connectivity index is 1.96. The average molecular weight is 296 g/mol. The van der Waals surface area contributed by atoms with Gasteiger partial charge in [-0.2, -0.15) is 0 Å². The van der Waals surface area contributed by atoms with Crippen LogP contribution in [0.1, 0.15) is 11.4 Å². The van der Waals surface area contributed by atoms with Gasteiger partial charge in [-0.15, -0.1) is 0 Å². The van der Waals surface area contributed by atoms with Gasteiger partial charge in [0.25, 0.3) is 5.56 Å². The van der Waals surface area contributed by atoms with Gasteiger partial charge in [0.2, 0.25) is 0 Å². The topological polar surface area (TPSA) is 70.7 Å². The molecule has 0 aliphatic carbocycles. The molecule has 0 saturated heterocycles. The maximum Gasteiger partial charge on any atom is 0.259 e. The molecule has 104 valence electrons. The maximum absolute atomic E-state index is 12.0. The van der Waals surface area contributed by atoms with Crippen LogP contribution in [0.3, 0.4) is 0 Å². The Morgan fingerprint density at radius 1 is 1.29 bits per heavy atom. The fourth-order valence-electron chi connectivity index (χ4n) is 1.97. The number of hydrogen-bond acceptors (Lipinski definition) is 4. The molecule has 1 aromatic carbocycles. The van der Waals surface area contributed by atoms with Gasteiger partial charge >= 0.3 is 0 Å². The molecule has 6 heteroatoms. The van der Waals surface area contributed by atoms with Crippen LogP contribution in [0.15, 0.2) is 47.4 Å². The number of thiocarbonyl (C=S) groups is 1. The number of nitrogens with zero attached hydrogens (tertiary/aromatic N) is 2. The second-order valence-corrected chi connectivity index (χ2v) is 5.01. The highest BCUT2D eigenvalue weighted by molar-refractivity contribution is 7.81. The minimum Gasteiger partial charge on any atom is -0.328 e. The van der Waals surface area contributed by atoms with Gasteiger partial charge in [0, 0.05) is 6.20 Å². The van der Waals surface area contributed by atoms with E-state index in [1.54, 1.807) is 24.4 Å². The molecule has 2 N–H and O–H groups in total. The van der Waals surface area contributed by atoms with Crippen molar-refractivity contribution in [3.05, 3.63) is 64.3 Å². The van der Waals surface area contributed by atoms with Crippen LogP contribution >= 0.6 is 12.2 Å². The van der Waals surface area contributed by atoms with Crippen molar-refractivity contribution in [1.82, 2.24) is 15.0 Å². The number of H-pyrrole nitrogens is 1. The van der Waals surface area contributed by atoms with Crippen LogP contribution in [0.25, 0.3) is 10.9 Å². The zero-order chi connectivity index (χ0) is 14.8. The van der Waals surface area contributed by atoms with E-state index in [2.05, 4.69) is 20.3 Å². The van der Waals surface area contributed by atoms with Crippen LogP contribution in [-0.2, 0) is 0 Å². The number of para-hydroxylation sites is 1. The number of nitrogens with one attached hydrogen (secondary N) is 2. The molecule has 0 saturated carbocycles. The number of aromatic nitrogens is 3. The molecule has 21 heavy (non-hydrogen) atoms. The summed E-state index contributed by atoms with van der Waals surface area (Å²) in [6, 6.07) is 10.9. The molecular formula is C15H12N4OS. The summed E-state index contributed by atoms with van der Waals surface area (Å²) in [7, 11) is 0. The minimum atomic E-state index is -0.211. The van der Waals surface area contributed by atoms with Crippen molar-refractivity contribution in [2.75, 3.05) is 5.32 Å². The van der Waals surface area contributed by atoms with E-state index in [0.717, 1.165) is 5.56 Å². The standard InChI is InChI=1S/C15H12N4OS/c1-9-6-7-16-12(8-9)18-15(21)13-17-11-5-3-2-4-10(11)14(20)19-13/h2-8H,1H3,(H,16,18,21)(H,17,19,20). The number of hydrogen-bond donors (Lipinski definition) is 2. The number of rotatable bonds is 2. The van der Waals surface area contributed by atoms with Crippen molar-refractivity contribution >= 4 is 33.9 Å². The SMILES string of the molecule is Cc1ccnc(NC(=S)c2nc3ccccc3c(=O)[nH]2)c1. The Hall–Kier alpha value is -2.60. The number of pyridine rings is 1. The largest absolute Gasteiger partial charge is 0.328 e. The van der Waals surface area contributed by atoms with Crippen molar-refractivity contribution in [3.63, 3.8) is 0 Å². The monoisotopic (exact) mass is 296 g/mol. The highest BCUT2D eigenvalue weighted by Gasteiger charge is 2.08. The van der Waals surface area contributed by atoms with E-state index >= 15 is 0 Å². The summed E-state index contributed by atoms with van der Waals surface area (Å²) >= 11 is 5.28.